The molecule has 10 heteroatoms. The van der Waals surface area contributed by atoms with Gasteiger partial charge in [-0.25, -0.2) is 4.99 Å². The predicted molar refractivity (Wildman–Crippen MR) is 125 cm³/mol. The van der Waals surface area contributed by atoms with Crippen molar-refractivity contribution in [3.8, 4) is 23.0 Å². The van der Waals surface area contributed by atoms with Crippen LogP contribution in [0.15, 0.2) is 41.4 Å². The maximum atomic E-state index is 13.0. The van der Waals surface area contributed by atoms with Gasteiger partial charge in [-0.05, 0) is 44.2 Å². The third-order valence-corrected chi connectivity index (χ3v) is 5.73. The van der Waals surface area contributed by atoms with Crippen molar-refractivity contribution in [3.05, 3.63) is 58.9 Å². The Morgan fingerprint density at radius 1 is 1.00 bits per heavy atom. The maximum Gasteiger partial charge on any atom is 0.258 e. The number of carbonyl (C=O) groups excluding carboxylic acids is 1. The van der Waals surface area contributed by atoms with Gasteiger partial charge in [0, 0.05) is 35.6 Å². The van der Waals surface area contributed by atoms with Crippen molar-refractivity contribution in [2.24, 2.45) is 12.0 Å². The SMILES string of the molecule is Cc1nn(C)c(C)c1CN=C(NC(=O)c1ccc2c(c1)OCO2)Nc1ccc2c(c1)OCCO2. The van der Waals surface area contributed by atoms with Crippen LogP contribution in [-0.4, -0.2) is 41.7 Å². The molecule has 0 aliphatic carbocycles. The van der Waals surface area contributed by atoms with E-state index < -0.39 is 0 Å². The largest absolute Gasteiger partial charge is 0.486 e. The molecule has 3 heterocycles. The molecule has 3 aromatic rings. The number of aromatic nitrogens is 2. The van der Waals surface area contributed by atoms with Gasteiger partial charge in [0.05, 0.1) is 12.2 Å². The van der Waals surface area contributed by atoms with Gasteiger partial charge in [-0.1, -0.05) is 0 Å². The van der Waals surface area contributed by atoms with E-state index in [2.05, 4.69) is 20.7 Å². The molecule has 1 amide bonds. The van der Waals surface area contributed by atoms with E-state index in [1.165, 1.54) is 0 Å². The minimum absolute atomic E-state index is 0.141. The van der Waals surface area contributed by atoms with Crippen molar-refractivity contribution in [2.75, 3.05) is 25.3 Å². The lowest BCUT2D eigenvalue weighted by molar-refractivity contribution is 0.0976. The first-order valence-electron chi connectivity index (χ1n) is 10.9. The predicted octanol–water partition coefficient (Wildman–Crippen LogP) is 2.93. The van der Waals surface area contributed by atoms with E-state index in [9.17, 15) is 4.79 Å². The molecule has 0 radical (unpaired) electrons. The second kappa shape index (κ2) is 8.97. The third-order valence-electron chi connectivity index (χ3n) is 5.73. The summed E-state index contributed by atoms with van der Waals surface area (Å²) in [6.07, 6.45) is 0. The summed E-state index contributed by atoms with van der Waals surface area (Å²) in [6, 6.07) is 10.5. The number of ether oxygens (including phenoxy) is 4. The zero-order chi connectivity index (χ0) is 23.7. The normalized spacial score (nSPS) is 14.1. The quantitative estimate of drug-likeness (QED) is 0.452. The van der Waals surface area contributed by atoms with Gasteiger partial charge in [-0.15, -0.1) is 0 Å². The van der Waals surface area contributed by atoms with Crippen LogP contribution in [-0.2, 0) is 13.6 Å². The Morgan fingerprint density at radius 2 is 1.71 bits per heavy atom. The Morgan fingerprint density at radius 3 is 2.50 bits per heavy atom. The molecule has 2 aliphatic rings. The Kier molecular flexibility index (Phi) is 5.70. The van der Waals surface area contributed by atoms with Gasteiger partial charge < -0.3 is 24.3 Å². The van der Waals surface area contributed by atoms with Crippen LogP contribution < -0.4 is 29.6 Å². The van der Waals surface area contributed by atoms with Crippen LogP contribution in [0.2, 0.25) is 0 Å². The van der Waals surface area contributed by atoms with Crippen molar-refractivity contribution in [1.29, 1.82) is 0 Å². The number of aliphatic imine (C=N–C) groups is 1. The number of benzene rings is 2. The minimum atomic E-state index is -0.332. The van der Waals surface area contributed by atoms with Crippen LogP contribution >= 0.6 is 0 Å². The van der Waals surface area contributed by atoms with Crippen molar-refractivity contribution in [2.45, 2.75) is 20.4 Å². The first kappa shape index (κ1) is 21.6. The Labute approximate surface area is 196 Å². The van der Waals surface area contributed by atoms with Gasteiger partial charge in [0.2, 0.25) is 12.8 Å². The fourth-order valence-corrected chi connectivity index (χ4v) is 3.79. The minimum Gasteiger partial charge on any atom is -0.486 e. The van der Waals surface area contributed by atoms with Crippen LogP contribution in [0.3, 0.4) is 0 Å². The van der Waals surface area contributed by atoms with Gasteiger partial charge in [-0.3, -0.25) is 14.8 Å². The fraction of sp³-hybridized carbons (Fsp3) is 0.292. The zero-order valence-electron chi connectivity index (χ0n) is 19.2. The first-order chi connectivity index (χ1) is 16.5. The summed E-state index contributed by atoms with van der Waals surface area (Å²) >= 11 is 0. The number of aryl methyl sites for hydroxylation is 2. The monoisotopic (exact) mass is 463 g/mol. The number of nitrogens with zero attached hydrogens (tertiary/aromatic N) is 3. The lowest BCUT2D eigenvalue weighted by atomic mass is 10.2. The average molecular weight is 463 g/mol. The average Bonchev–Trinajstić information content (AvgIpc) is 3.40. The standard InChI is InChI=1S/C24H25N5O5/c1-14-18(15(2)29(3)28-14)12-25-24(26-17-5-7-19-22(11-17)32-9-8-31-19)27-23(30)16-4-6-20-21(10-16)34-13-33-20/h4-7,10-11H,8-9,12-13H2,1-3H3,(H2,25,26,27,30). The molecule has 2 N–H and O–H groups in total. The fourth-order valence-electron chi connectivity index (χ4n) is 3.79. The van der Waals surface area contributed by atoms with E-state index in [-0.39, 0.29) is 12.7 Å². The molecule has 0 saturated carbocycles. The summed E-state index contributed by atoms with van der Waals surface area (Å²) < 4.78 is 23.8. The molecule has 176 valence electrons. The topological polar surface area (TPSA) is 108 Å². The summed E-state index contributed by atoms with van der Waals surface area (Å²) in [4.78, 5) is 17.7. The number of guanidine groups is 1. The Bertz CT molecular complexity index is 1280. The van der Waals surface area contributed by atoms with Gasteiger partial charge in [0.15, 0.2) is 23.0 Å². The molecule has 10 nitrogen and oxygen atoms in total. The highest BCUT2D eigenvalue weighted by Gasteiger charge is 2.18. The van der Waals surface area contributed by atoms with E-state index >= 15 is 0 Å². The number of carbonyl (C=O) groups is 1. The van der Waals surface area contributed by atoms with Gasteiger partial charge in [0.1, 0.15) is 13.2 Å². The molecule has 2 aromatic carbocycles. The lowest BCUT2D eigenvalue weighted by Gasteiger charge is -2.19. The van der Waals surface area contributed by atoms with Crippen LogP contribution in [0.4, 0.5) is 5.69 Å². The summed E-state index contributed by atoms with van der Waals surface area (Å²) in [5.41, 5.74) is 4.04. The van der Waals surface area contributed by atoms with Gasteiger partial charge in [0.25, 0.3) is 5.91 Å². The molecular weight excluding hydrogens is 438 g/mol. The molecule has 0 unspecified atom stereocenters. The van der Waals surface area contributed by atoms with Crippen LogP contribution in [0.5, 0.6) is 23.0 Å². The number of amides is 1. The van der Waals surface area contributed by atoms with E-state index in [0.29, 0.717) is 60.0 Å². The van der Waals surface area contributed by atoms with E-state index in [1.54, 1.807) is 18.2 Å². The third kappa shape index (κ3) is 4.34. The Hall–Kier alpha value is -4.21. The van der Waals surface area contributed by atoms with E-state index in [4.69, 9.17) is 18.9 Å². The molecule has 1 aromatic heterocycles. The zero-order valence-corrected chi connectivity index (χ0v) is 19.2. The molecule has 2 aliphatic heterocycles. The number of hydrogen-bond acceptors (Lipinski definition) is 7. The van der Waals surface area contributed by atoms with Crippen molar-refractivity contribution >= 4 is 17.6 Å². The second-order valence-corrected chi connectivity index (χ2v) is 7.94. The highest BCUT2D eigenvalue weighted by Crippen LogP contribution is 2.33. The van der Waals surface area contributed by atoms with Gasteiger partial charge in [-0.2, -0.15) is 5.10 Å². The van der Waals surface area contributed by atoms with Gasteiger partial charge >= 0.3 is 0 Å². The summed E-state index contributed by atoms with van der Waals surface area (Å²) in [5, 5.41) is 10.5. The molecular formula is C24H25N5O5. The molecule has 5 rings (SSSR count). The molecule has 0 saturated heterocycles. The number of anilines is 1. The van der Waals surface area contributed by atoms with Crippen LogP contribution in [0.1, 0.15) is 27.3 Å². The molecule has 0 spiro atoms. The molecule has 34 heavy (non-hydrogen) atoms. The number of rotatable bonds is 4. The summed E-state index contributed by atoms with van der Waals surface area (Å²) in [5.74, 6) is 2.43. The van der Waals surface area contributed by atoms with E-state index in [1.807, 2.05) is 43.8 Å². The number of fused-ring (bicyclic) bond motifs is 2. The number of hydrogen-bond donors (Lipinski definition) is 2. The van der Waals surface area contributed by atoms with Crippen LogP contribution in [0, 0.1) is 13.8 Å². The van der Waals surface area contributed by atoms with E-state index in [0.717, 1.165) is 17.0 Å². The summed E-state index contributed by atoms with van der Waals surface area (Å²) in [7, 11) is 1.89. The number of nitrogens with one attached hydrogen (secondary N) is 2. The molecule has 0 atom stereocenters. The highest BCUT2D eigenvalue weighted by molar-refractivity contribution is 6.10. The Balaban J connectivity index is 1.40. The van der Waals surface area contributed by atoms with Crippen molar-refractivity contribution < 1.29 is 23.7 Å². The van der Waals surface area contributed by atoms with Crippen molar-refractivity contribution in [3.63, 3.8) is 0 Å². The smallest absolute Gasteiger partial charge is 0.258 e. The molecule has 0 fully saturated rings. The van der Waals surface area contributed by atoms with Crippen molar-refractivity contribution in [1.82, 2.24) is 15.1 Å². The van der Waals surface area contributed by atoms with Crippen LogP contribution in [0.25, 0.3) is 0 Å². The maximum absolute atomic E-state index is 13.0. The second-order valence-electron chi connectivity index (χ2n) is 7.94. The lowest BCUT2D eigenvalue weighted by Crippen LogP contribution is -2.36. The first-order valence-corrected chi connectivity index (χ1v) is 10.9. The summed E-state index contributed by atoms with van der Waals surface area (Å²) in [6.45, 7) is 5.42. The highest BCUT2D eigenvalue weighted by atomic mass is 16.7. The molecule has 0 bridgehead atoms.